The molecule has 3 aromatic carbocycles. The predicted molar refractivity (Wildman–Crippen MR) is 116 cm³/mol. The van der Waals surface area contributed by atoms with Gasteiger partial charge < -0.3 is 10.2 Å². The fraction of sp³-hybridized carbons (Fsp3) is 0.130. The Balaban J connectivity index is 2.06. The summed E-state index contributed by atoms with van der Waals surface area (Å²) in [5, 5.41) is 6.53. The number of hydrogen-bond donors (Lipinski definition) is 1. The van der Waals surface area contributed by atoms with Crippen LogP contribution in [0.3, 0.4) is 0 Å². The summed E-state index contributed by atoms with van der Waals surface area (Å²) in [6.07, 6.45) is 0. The van der Waals surface area contributed by atoms with E-state index in [2.05, 4.69) is 10.5 Å². The van der Waals surface area contributed by atoms with Gasteiger partial charge >= 0.3 is 0 Å². The van der Waals surface area contributed by atoms with Crippen LogP contribution in [-0.2, 0) is 26.2 Å². The topological polar surface area (TPSA) is 67.8 Å². The van der Waals surface area contributed by atoms with Crippen molar-refractivity contribution in [2.45, 2.75) is 10.6 Å². The lowest BCUT2D eigenvalue weighted by molar-refractivity contribution is -0.114. The Hall–Kier alpha value is -3.25. The van der Waals surface area contributed by atoms with E-state index in [1.54, 1.807) is 7.05 Å². The second-order valence-corrected chi connectivity index (χ2v) is 7.66. The first-order chi connectivity index (χ1) is 14.2. The molecule has 0 aliphatic heterocycles. The van der Waals surface area contributed by atoms with Gasteiger partial charge in [0.05, 0.1) is 16.6 Å². The molecule has 0 fully saturated rings. The van der Waals surface area contributed by atoms with Gasteiger partial charge in [-0.3, -0.25) is 9.00 Å². The molecule has 3 rings (SSSR count). The van der Waals surface area contributed by atoms with Crippen molar-refractivity contribution in [1.29, 1.82) is 0 Å². The highest BCUT2D eigenvalue weighted by molar-refractivity contribution is 7.84. The number of carbonyl (C=O) groups excluding carboxylic acids is 1. The monoisotopic (exact) mass is 406 g/mol. The zero-order valence-corrected chi connectivity index (χ0v) is 17.1. The minimum atomic E-state index is -1.18. The Labute approximate surface area is 172 Å². The maximum absolute atomic E-state index is 12.9. The van der Waals surface area contributed by atoms with Crippen LogP contribution in [0.2, 0.25) is 0 Å². The molecule has 1 atom stereocenters. The third-order valence-electron chi connectivity index (χ3n) is 4.41. The van der Waals surface area contributed by atoms with Gasteiger partial charge in [0.15, 0.2) is 5.71 Å². The van der Waals surface area contributed by atoms with Gasteiger partial charge in [-0.2, -0.15) is 0 Å². The van der Waals surface area contributed by atoms with Gasteiger partial charge in [-0.05, 0) is 28.8 Å². The SMILES string of the molecule is CNC(=O)C(=NOC)c1ccccc1-c1ccccc1CS(=O)c1ccccc1. The van der Waals surface area contributed by atoms with Crippen molar-refractivity contribution in [2.24, 2.45) is 5.16 Å². The highest BCUT2D eigenvalue weighted by Gasteiger charge is 2.20. The van der Waals surface area contributed by atoms with Gasteiger partial charge in [0.25, 0.3) is 5.91 Å². The smallest absolute Gasteiger partial charge is 0.273 e. The van der Waals surface area contributed by atoms with E-state index in [9.17, 15) is 9.00 Å². The first-order valence-corrected chi connectivity index (χ1v) is 10.4. The maximum Gasteiger partial charge on any atom is 0.273 e. The van der Waals surface area contributed by atoms with Crippen LogP contribution in [0.25, 0.3) is 11.1 Å². The highest BCUT2D eigenvalue weighted by Crippen LogP contribution is 2.29. The summed E-state index contributed by atoms with van der Waals surface area (Å²) >= 11 is 0. The number of amides is 1. The summed E-state index contributed by atoms with van der Waals surface area (Å²) in [7, 11) is 1.77. The Bertz CT molecular complexity index is 1050. The van der Waals surface area contributed by atoms with Gasteiger partial charge in [0, 0.05) is 17.5 Å². The second-order valence-electron chi connectivity index (χ2n) is 6.21. The zero-order chi connectivity index (χ0) is 20.6. The number of hydrogen-bond acceptors (Lipinski definition) is 4. The fourth-order valence-corrected chi connectivity index (χ4v) is 4.21. The van der Waals surface area contributed by atoms with Gasteiger partial charge in [0.2, 0.25) is 0 Å². The summed E-state index contributed by atoms with van der Waals surface area (Å²) in [4.78, 5) is 18.0. The maximum atomic E-state index is 12.9. The molecule has 0 aliphatic rings. The molecule has 1 N–H and O–H groups in total. The van der Waals surface area contributed by atoms with Crippen LogP contribution in [0.1, 0.15) is 11.1 Å². The number of nitrogens with one attached hydrogen (secondary N) is 1. The number of benzene rings is 3. The lowest BCUT2D eigenvalue weighted by Gasteiger charge is -2.14. The first kappa shape index (κ1) is 20.5. The molecule has 0 spiro atoms. The van der Waals surface area contributed by atoms with Crippen LogP contribution in [0.5, 0.6) is 0 Å². The average Bonchev–Trinajstić information content (AvgIpc) is 2.78. The summed E-state index contributed by atoms with van der Waals surface area (Å²) in [6, 6.07) is 24.7. The highest BCUT2D eigenvalue weighted by atomic mass is 32.2. The molecule has 0 radical (unpaired) electrons. The molecule has 5 nitrogen and oxygen atoms in total. The van der Waals surface area contributed by atoms with Gasteiger partial charge in [-0.25, -0.2) is 0 Å². The van der Waals surface area contributed by atoms with E-state index in [1.807, 2.05) is 78.9 Å². The molecule has 1 unspecified atom stereocenters. The summed E-state index contributed by atoms with van der Waals surface area (Å²) in [5.41, 5.74) is 3.49. The Morgan fingerprint density at radius 2 is 1.55 bits per heavy atom. The van der Waals surface area contributed by atoms with Crippen LogP contribution in [-0.4, -0.2) is 30.0 Å². The average molecular weight is 407 g/mol. The molecular formula is C23H22N2O3S. The lowest BCUT2D eigenvalue weighted by Crippen LogP contribution is -2.29. The van der Waals surface area contributed by atoms with Gasteiger partial charge in [-0.1, -0.05) is 71.9 Å². The lowest BCUT2D eigenvalue weighted by atomic mass is 9.93. The van der Waals surface area contributed by atoms with E-state index in [0.717, 1.165) is 21.6 Å². The Morgan fingerprint density at radius 3 is 2.24 bits per heavy atom. The molecule has 29 heavy (non-hydrogen) atoms. The van der Waals surface area contributed by atoms with Gasteiger partial charge in [0.1, 0.15) is 7.11 Å². The fourth-order valence-electron chi connectivity index (χ4n) is 3.05. The Morgan fingerprint density at radius 1 is 0.931 bits per heavy atom. The molecule has 3 aromatic rings. The molecule has 6 heteroatoms. The second kappa shape index (κ2) is 9.80. The summed E-state index contributed by atoms with van der Waals surface area (Å²) in [5.74, 6) is 0.0234. The predicted octanol–water partition coefficient (Wildman–Crippen LogP) is 3.76. The molecule has 1 amide bonds. The molecular weight excluding hydrogens is 384 g/mol. The number of nitrogens with zero attached hydrogens (tertiary/aromatic N) is 1. The molecule has 0 aromatic heterocycles. The van der Waals surface area contributed by atoms with E-state index in [4.69, 9.17) is 4.84 Å². The van der Waals surface area contributed by atoms with Crippen molar-refractivity contribution in [3.63, 3.8) is 0 Å². The van der Waals surface area contributed by atoms with E-state index in [0.29, 0.717) is 11.3 Å². The molecule has 0 saturated carbocycles. The van der Waals surface area contributed by atoms with Crippen molar-refractivity contribution in [2.75, 3.05) is 14.2 Å². The number of rotatable bonds is 7. The largest absolute Gasteiger partial charge is 0.398 e. The third-order valence-corrected chi connectivity index (χ3v) is 5.78. The van der Waals surface area contributed by atoms with E-state index in [1.165, 1.54) is 7.11 Å². The number of likely N-dealkylation sites (N-methyl/N-ethyl adjacent to an activating group) is 1. The molecule has 0 heterocycles. The number of oxime groups is 1. The minimum absolute atomic E-state index is 0.185. The van der Waals surface area contributed by atoms with Crippen LogP contribution in [0, 0.1) is 0 Å². The zero-order valence-electron chi connectivity index (χ0n) is 16.3. The quantitative estimate of drug-likeness (QED) is 0.480. The van der Waals surface area contributed by atoms with Crippen LogP contribution in [0.15, 0.2) is 88.9 Å². The van der Waals surface area contributed by atoms with Crippen LogP contribution >= 0.6 is 0 Å². The van der Waals surface area contributed by atoms with Crippen molar-refractivity contribution in [1.82, 2.24) is 5.32 Å². The molecule has 148 valence electrons. The molecule has 0 bridgehead atoms. The minimum Gasteiger partial charge on any atom is -0.398 e. The van der Waals surface area contributed by atoms with Crippen molar-refractivity contribution < 1.29 is 13.8 Å². The van der Waals surface area contributed by atoms with Crippen molar-refractivity contribution >= 4 is 22.4 Å². The van der Waals surface area contributed by atoms with Crippen LogP contribution in [0.4, 0.5) is 0 Å². The summed E-state index contributed by atoms with van der Waals surface area (Å²) < 4.78 is 12.9. The normalized spacial score (nSPS) is 12.3. The van der Waals surface area contributed by atoms with Crippen LogP contribution < -0.4 is 5.32 Å². The molecule has 0 saturated heterocycles. The third kappa shape index (κ3) is 4.78. The molecule has 0 aliphatic carbocycles. The number of carbonyl (C=O) groups is 1. The van der Waals surface area contributed by atoms with E-state index in [-0.39, 0.29) is 11.6 Å². The van der Waals surface area contributed by atoms with Crippen molar-refractivity contribution in [3.05, 3.63) is 90.0 Å². The van der Waals surface area contributed by atoms with Crippen molar-refractivity contribution in [3.8, 4) is 11.1 Å². The van der Waals surface area contributed by atoms with E-state index < -0.39 is 10.8 Å². The Kier molecular flexibility index (Phi) is 6.92. The van der Waals surface area contributed by atoms with Gasteiger partial charge in [-0.15, -0.1) is 0 Å². The van der Waals surface area contributed by atoms with E-state index >= 15 is 0 Å². The first-order valence-electron chi connectivity index (χ1n) is 9.10. The standard InChI is InChI=1S/C23H22N2O3S/c1-24-23(26)22(25-28-2)21-15-9-8-14-20(21)19-13-7-6-10-17(19)16-29(27)18-11-4-3-5-12-18/h3-15H,16H2,1-2H3,(H,24,26). The summed E-state index contributed by atoms with van der Waals surface area (Å²) in [6.45, 7) is 0.